The minimum absolute atomic E-state index is 0.267. The van der Waals surface area contributed by atoms with E-state index in [9.17, 15) is 14.7 Å². The minimum atomic E-state index is -0.983. The number of anilines is 1. The smallest absolute Gasteiger partial charge is 0.333 e. The van der Waals surface area contributed by atoms with E-state index in [2.05, 4.69) is 12.2 Å². The second-order valence-corrected chi connectivity index (χ2v) is 8.42. The number of carbonyl (C=O) groups is 2. The third kappa shape index (κ3) is 11.1. The topological polar surface area (TPSA) is 107 Å². The van der Waals surface area contributed by atoms with Gasteiger partial charge in [0.1, 0.15) is 18.1 Å². The molecule has 2 rings (SSSR count). The van der Waals surface area contributed by atoms with Gasteiger partial charge in [-0.1, -0.05) is 44.0 Å². The highest BCUT2D eigenvalue weighted by molar-refractivity contribution is 5.91. The standard InChI is InChI=1S/C28H40N2O7/c1-4-6-9-18-35-19-16-30(28(33)29-24-10-7-8-11-25(24)34-3)17-20-37-23-14-12-22(13-15-23)21-26(27(31)32)36-5-2/h7-8,10-15,26H,4-6,9,16-21H2,1-3H3,(H,29,33)(H,31,32). The van der Waals surface area contributed by atoms with Crippen LogP contribution in [-0.4, -0.2) is 74.7 Å². The molecule has 0 aromatic heterocycles. The molecule has 0 aliphatic carbocycles. The lowest BCUT2D eigenvalue weighted by Gasteiger charge is -2.24. The number of para-hydroxylation sites is 2. The van der Waals surface area contributed by atoms with Crippen molar-refractivity contribution in [3.8, 4) is 11.5 Å². The maximum Gasteiger partial charge on any atom is 0.333 e. The molecule has 2 N–H and O–H groups in total. The van der Waals surface area contributed by atoms with Crippen molar-refractivity contribution in [2.24, 2.45) is 0 Å². The molecule has 0 bridgehead atoms. The molecule has 0 saturated carbocycles. The molecule has 2 aromatic carbocycles. The van der Waals surface area contributed by atoms with E-state index in [4.69, 9.17) is 18.9 Å². The summed E-state index contributed by atoms with van der Waals surface area (Å²) in [5.41, 5.74) is 1.43. The molecular weight excluding hydrogens is 476 g/mol. The Labute approximate surface area is 219 Å². The maximum absolute atomic E-state index is 13.0. The predicted octanol–water partition coefficient (Wildman–Crippen LogP) is 4.85. The fraction of sp³-hybridized carbons (Fsp3) is 0.500. The van der Waals surface area contributed by atoms with Crippen LogP contribution < -0.4 is 14.8 Å². The van der Waals surface area contributed by atoms with Crippen LogP contribution in [0.15, 0.2) is 48.5 Å². The number of carboxylic acids is 1. The van der Waals surface area contributed by atoms with Crippen molar-refractivity contribution in [3.63, 3.8) is 0 Å². The Morgan fingerprint density at radius 2 is 1.70 bits per heavy atom. The first-order valence-corrected chi connectivity index (χ1v) is 12.8. The second kappa shape index (κ2) is 17.2. The highest BCUT2D eigenvalue weighted by Gasteiger charge is 2.18. The Bertz CT molecular complexity index is 936. The molecule has 9 heteroatoms. The Morgan fingerprint density at radius 3 is 2.38 bits per heavy atom. The van der Waals surface area contributed by atoms with Crippen molar-refractivity contribution in [2.45, 2.75) is 45.6 Å². The van der Waals surface area contributed by atoms with E-state index in [1.807, 2.05) is 24.3 Å². The molecule has 0 radical (unpaired) electrons. The third-order valence-electron chi connectivity index (χ3n) is 5.65. The fourth-order valence-corrected chi connectivity index (χ4v) is 3.62. The van der Waals surface area contributed by atoms with Gasteiger partial charge >= 0.3 is 12.0 Å². The summed E-state index contributed by atoms with van der Waals surface area (Å²) in [6.45, 7) is 6.41. The zero-order chi connectivity index (χ0) is 26.9. The number of nitrogens with one attached hydrogen (secondary N) is 1. The molecule has 1 unspecified atom stereocenters. The Morgan fingerprint density at radius 1 is 0.973 bits per heavy atom. The fourth-order valence-electron chi connectivity index (χ4n) is 3.62. The molecule has 9 nitrogen and oxygen atoms in total. The average Bonchev–Trinajstić information content (AvgIpc) is 2.90. The number of carbonyl (C=O) groups excluding carboxylic acids is 1. The van der Waals surface area contributed by atoms with Gasteiger partial charge in [0.05, 0.1) is 25.9 Å². The Balaban J connectivity index is 1.92. The summed E-state index contributed by atoms with van der Waals surface area (Å²) in [6, 6.07) is 14.2. The van der Waals surface area contributed by atoms with Crippen molar-refractivity contribution in [2.75, 3.05) is 51.9 Å². The maximum atomic E-state index is 13.0. The summed E-state index contributed by atoms with van der Waals surface area (Å²) in [5.74, 6) is 0.230. The number of hydrogen-bond donors (Lipinski definition) is 2. The molecule has 0 aliphatic heterocycles. The molecule has 2 aromatic rings. The van der Waals surface area contributed by atoms with Gasteiger partial charge in [-0.3, -0.25) is 0 Å². The van der Waals surface area contributed by atoms with Crippen molar-refractivity contribution in [1.82, 2.24) is 4.90 Å². The molecule has 0 heterocycles. The van der Waals surface area contributed by atoms with Gasteiger partial charge in [-0.05, 0) is 43.2 Å². The van der Waals surface area contributed by atoms with Crippen LogP contribution in [0.2, 0.25) is 0 Å². The molecule has 0 spiro atoms. The van der Waals surface area contributed by atoms with Gasteiger partial charge in [0, 0.05) is 26.2 Å². The third-order valence-corrected chi connectivity index (χ3v) is 5.65. The summed E-state index contributed by atoms with van der Waals surface area (Å²) in [6.07, 6.45) is 2.64. The lowest BCUT2D eigenvalue weighted by molar-refractivity contribution is -0.149. The number of urea groups is 1. The van der Waals surface area contributed by atoms with Crippen molar-refractivity contribution in [1.29, 1.82) is 0 Å². The summed E-state index contributed by atoms with van der Waals surface area (Å²) in [4.78, 5) is 26.0. The molecule has 0 saturated heterocycles. The Hall–Kier alpha value is -3.30. The van der Waals surface area contributed by atoms with Crippen molar-refractivity contribution < 1.29 is 33.6 Å². The van der Waals surface area contributed by atoms with Gasteiger partial charge < -0.3 is 34.3 Å². The number of hydrogen-bond acceptors (Lipinski definition) is 6. The summed E-state index contributed by atoms with van der Waals surface area (Å²) in [7, 11) is 1.56. The first-order valence-electron chi connectivity index (χ1n) is 12.8. The number of unbranched alkanes of at least 4 members (excludes halogenated alkanes) is 2. The van der Waals surface area contributed by atoms with E-state index < -0.39 is 12.1 Å². The van der Waals surface area contributed by atoms with Crippen molar-refractivity contribution >= 4 is 17.7 Å². The normalized spacial score (nSPS) is 11.5. The van der Waals surface area contributed by atoms with E-state index in [0.29, 0.717) is 50.1 Å². The first-order chi connectivity index (χ1) is 18.0. The van der Waals surface area contributed by atoms with Gasteiger partial charge in [0.2, 0.25) is 0 Å². The van der Waals surface area contributed by atoms with Crippen LogP contribution >= 0.6 is 0 Å². The molecular formula is C28H40N2O7. The number of aliphatic carboxylic acids is 1. The number of amides is 2. The highest BCUT2D eigenvalue weighted by atomic mass is 16.5. The largest absolute Gasteiger partial charge is 0.495 e. The molecule has 204 valence electrons. The summed E-state index contributed by atoms with van der Waals surface area (Å²) < 4.78 is 22.2. The number of rotatable bonds is 18. The second-order valence-electron chi connectivity index (χ2n) is 8.42. The lowest BCUT2D eigenvalue weighted by atomic mass is 10.1. The van der Waals surface area contributed by atoms with Crippen molar-refractivity contribution in [3.05, 3.63) is 54.1 Å². The zero-order valence-electron chi connectivity index (χ0n) is 22.1. The number of benzene rings is 2. The number of carboxylic acid groups (broad SMARTS) is 1. The quantitative estimate of drug-likeness (QED) is 0.273. The van der Waals surface area contributed by atoms with Crippen LogP contribution in [0, 0.1) is 0 Å². The molecule has 0 fully saturated rings. The van der Waals surface area contributed by atoms with Gasteiger partial charge in [0.25, 0.3) is 0 Å². The van der Waals surface area contributed by atoms with Gasteiger partial charge in [-0.25, -0.2) is 9.59 Å². The zero-order valence-corrected chi connectivity index (χ0v) is 22.1. The molecule has 1 atom stereocenters. The van der Waals surface area contributed by atoms with Gasteiger partial charge in [-0.2, -0.15) is 0 Å². The van der Waals surface area contributed by atoms with E-state index in [1.54, 1.807) is 43.2 Å². The lowest BCUT2D eigenvalue weighted by Crippen LogP contribution is -2.40. The van der Waals surface area contributed by atoms with E-state index in [-0.39, 0.29) is 19.1 Å². The molecule has 0 aliphatic rings. The average molecular weight is 517 g/mol. The summed E-state index contributed by atoms with van der Waals surface area (Å²) >= 11 is 0. The predicted molar refractivity (Wildman–Crippen MR) is 143 cm³/mol. The van der Waals surface area contributed by atoms with E-state index in [0.717, 1.165) is 24.8 Å². The highest BCUT2D eigenvalue weighted by Crippen LogP contribution is 2.23. The number of methoxy groups -OCH3 is 1. The SMILES string of the molecule is CCCCCOCCN(CCOc1ccc(CC(OCC)C(=O)O)cc1)C(=O)Nc1ccccc1OC. The summed E-state index contributed by atoms with van der Waals surface area (Å²) in [5, 5.41) is 12.2. The van der Waals surface area contributed by atoms with Crippen LogP contribution in [0.1, 0.15) is 38.7 Å². The van der Waals surface area contributed by atoms with Gasteiger partial charge in [0.15, 0.2) is 6.10 Å². The first kappa shape index (κ1) is 29.9. The van der Waals surface area contributed by atoms with Crippen LogP contribution in [0.4, 0.5) is 10.5 Å². The number of ether oxygens (including phenoxy) is 4. The van der Waals surface area contributed by atoms with E-state index in [1.165, 1.54) is 0 Å². The minimum Gasteiger partial charge on any atom is -0.495 e. The molecule has 2 amide bonds. The van der Waals surface area contributed by atoms with Gasteiger partial charge in [-0.15, -0.1) is 0 Å². The molecule has 37 heavy (non-hydrogen) atoms. The van der Waals surface area contributed by atoms with Crippen LogP contribution in [0.5, 0.6) is 11.5 Å². The number of nitrogens with zero attached hydrogens (tertiary/aromatic N) is 1. The van der Waals surface area contributed by atoms with Crippen LogP contribution in [-0.2, 0) is 20.7 Å². The van der Waals surface area contributed by atoms with Crippen LogP contribution in [0.3, 0.4) is 0 Å². The Kier molecular flexibility index (Phi) is 13.9. The monoisotopic (exact) mass is 516 g/mol. The van der Waals surface area contributed by atoms with Crippen LogP contribution in [0.25, 0.3) is 0 Å². The van der Waals surface area contributed by atoms with E-state index >= 15 is 0 Å².